The lowest BCUT2D eigenvalue weighted by molar-refractivity contribution is 0.145. The smallest absolute Gasteiger partial charge is 0.317 e. The third-order valence-corrected chi connectivity index (χ3v) is 3.51. The lowest BCUT2D eigenvalue weighted by atomic mass is 10.3. The monoisotopic (exact) mass is 317 g/mol. The fourth-order valence-corrected chi connectivity index (χ4v) is 2.12. The van der Waals surface area contributed by atoms with Crippen molar-refractivity contribution in [2.45, 2.75) is 19.5 Å². The van der Waals surface area contributed by atoms with Crippen LogP contribution < -0.4 is 5.32 Å². The summed E-state index contributed by atoms with van der Waals surface area (Å²) >= 11 is 0. The van der Waals surface area contributed by atoms with E-state index in [1.54, 1.807) is 30.7 Å². The van der Waals surface area contributed by atoms with Gasteiger partial charge >= 0.3 is 6.03 Å². The van der Waals surface area contributed by atoms with Crippen LogP contribution in [0.15, 0.2) is 43.1 Å². The summed E-state index contributed by atoms with van der Waals surface area (Å²) < 4.78 is 7.05. The van der Waals surface area contributed by atoms with Crippen molar-refractivity contribution < 1.29 is 9.53 Å². The molecule has 2 aromatic rings. The Labute approximate surface area is 136 Å². The summed E-state index contributed by atoms with van der Waals surface area (Å²) in [5, 5.41) is 2.95. The summed E-state index contributed by atoms with van der Waals surface area (Å²) in [5.74, 6) is 0. The molecule has 2 amide bonds. The quantitative estimate of drug-likeness (QED) is 0.804. The molecule has 7 nitrogen and oxygen atoms in total. The van der Waals surface area contributed by atoms with E-state index in [9.17, 15) is 4.79 Å². The highest BCUT2D eigenvalue weighted by atomic mass is 16.5. The van der Waals surface area contributed by atoms with Gasteiger partial charge in [0.25, 0.3) is 0 Å². The first-order chi connectivity index (χ1) is 11.2. The Balaban J connectivity index is 1.90. The molecule has 0 radical (unpaired) electrons. The second-order valence-electron chi connectivity index (χ2n) is 5.28. The predicted octanol–water partition coefficient (Wildman–Crippen LogP) is 1.70. The second-order valence-corrected chi connectivity index (χ2v) is 5.28. The summed E-state index contributed by atoms with van der Waals surface area (Å²) in [6.45, 7) is 4.01. The number of carbonyl (C=O) groups excluding carboxylic acids is 1. The highest BCUT2D eigenvalue weighted by Crippen LogP contribution is 2.05. The van der Waals surface area contributed by atoms with Gasteiger partial charge in [-0.3, -0.25) is 4.98 Å². The van der Waals surface area contributed by atoms with E-state index in [0.29, 0.717) is 26.2 Å². The first-order valence-electron chi connectivity index (χ1n) is 7.59. The number of methoxy groups -OCH3 is 1. The number of amides is 2. The molecule has 0 unspecified atom stereocenters. The number of imidazole rings is 1. The van der Waals surface area contributed by atoms with Crippen molar-refractivity contribution in [1.29, 1.82) is 0 Å². The Bertz CT molecular complexity index is 573. The first kappa shape index (κ1) is 17.0. The van der Waals surface area contributed by atoms with Gasteiger partial charge in [0, 0.05) is 44.8 Å². The maximum Gasteiger partial charge on any atom is 0.317 e. The highest BCUT2D eigenvalue weighted by Gasteiger charge is 2.15. The number of nitrogens with zero attached hydrogens (tertiary/aromatic N) is 4. The van der Waals surface area contributed by atoms with Gasteiger partial charge < -0.3 is 19.5 Å². The van der Waals surface area contributed by atoms with Crippen LogP contribution in [0.5, 0.6) is 0 Å². The van der Waals surface area contributed by atoms with Crippen LogP contribution in [0.2, 0.25) is 0 Å². The second kappa shape index (κ2) is 8.89. The molecule has 0 bridgehead atoms. The fraction of sp³-hybridized carbons (Fsp3) is 0.438. The topological polar surface area (TPSA) is 72.3 Å². The van der Waals surface area contributed by atoms with Gasteiger partial charge in [0.15, 0.2) is 0 Å². The molecule has 0 fully saturated rings. The van der Waals surface area contributed by atoms with Gasteiger partial charge in [-0.2, -0.15) is 0 Å². The van der Waals surface area contributed by atoms with Crippen molar-refractivity contribution in [2.24, 2.45) is 0 Å². The number of aromatic nitrogens is 3. The van der Waals surface area contributed by atoms with Gasteiger partial charge in [-0.05, 0) is 19.1 Å². The number of hydrogen-bond acceptors (Lipinski definition) is 4. The minimum absolute atomic E-state index is 0.125. The summed E-state index contributed by atoms with van der Waals surface area (Å²) in [6, 6.07) is 5.69. The predicted molar refractivity (Wildman–Crippen MR) is 86.9 cm³/mol. The van der Waals surface area contributed by atoms with Crippen molar-refractivity contribution in [3.63, 3.8) is 0 Å². The van der Waals surface area contributed by atoms with Crippen molar-refractivity contribution in [1.82, 2.24) is 24.8 Å². The van der Waals surface area contributed by atoms with E-state index in [4.69, 9.17) is 4.74 Å². The van der Waals surface area contributed by atoms with Crippen molar-refractivity contribution in [2.75, 3.05) is 26.8 Å². The Kier molecular flexibility index (Phi) is 6.56. The van der Waals surface area contributed by atoms with Gasteiger partial charge in [-0.15, -0.1) is 0 Å². The molecule has 0 aliphatic heterocycles. The standard InChI is InChI=1S/C16H23N5O2/c1-14(21-8-7-17-13-21)11-19-16(22)20(9-10-23-2)12-15-5-3-4-6-18-15/h3-8,13-14H,9-12H2,1-2H3,(H,19,22)/t14-/m0/s1. The molecule has 0 aliphatic rings. The SMILES string of the molecule is COCCN(Cc1ccccn1)C(=O)NC[C@H](C)n1ccnc1. The molecule has 0 aliphatic carbocycles. The maximum absolute atomic E-state index is 12.4. The van der Waals surface area contributed by atoms with E-state index in [-0.39, 0.29) is 12.1 Å². The number of rotatable bonds is 8. The normalized spacial score (nSPS) is 11.9. The van der Waals surface area contributed by atoms with E-state index < -0.39 is 0 Å². The molecule has 1 atom stereocenters. The number of hydrogen-bond donors (Lipinski definition) is 1. The molecular weight excluding hydrogens is 294 g/mol. The van der Waals surface area contributed by atoms with E-state index >= 15 is 0 Å². The summed E-state index contributed by atoms with van der Waals surface area (Å²) in [7, 11) is 1.62. The molecule has 7 heteroatoms. The Hall–Kier alpha value is -2.41. The molecule has 0 saturated carbocycles. The van der Waals surface area contributed by atoms with Crippen LogP contribution in [-0.4, -0.2) is 52.3 Å². The molecule has 23 heavy (non-hydrogen) atoms. The number of nitrogens with one attached hydrogen (secondary N) is 1. The van der Waals surface area contributed by atoms with E-state index in [2.05, 4.69) is 15.3 Å². The zero-order chi connectivity index (χ0) is 16.5. The molecule has 1 N–H and O–H groups in total. The molecule has 2 aromatic heterocycles. The van der Waals surface area contributed by atoms with Crippen LogP contribution in [0.1, 0.15) is 18.7 Å². The van der Waals surface area contributed by atoms with Crippen LogP contribution in [0.25, 0.3) is 0 Å². The Morgan fingerprint density at radius 3 is 2.96 bits per heavy atom. The molecule has 124 valence electrons. The minimum atomic E-state index is -0.125. The van der Waals surface area contributed by atoms with Crippen molar-refractivity contribution in [3.05, 3.63) is 48.8 Å². The number of carbonyl (C=O) groups is 1. The van der Waals surface area contributed by atoms with Gasteiger partial charge in [0.05, 0.1) is 25.2 Å². The van der Waals surface area contributed by atoms with Crippen LogP contribution >= 0.6 is 0 Å². The van der Waals surface area contributed by atoms with Crippen LogP contribution in [0.4, 0.5) is 4.79 Å². The zero-order valence-electron chi connectivity index (χ0n) is 13.6. The molecule has 0 saturated heterocycles. The Morgan fingerprint density at radius 1 is 1.43 bits per heavy atom. The molecule has 2 heterocycles. The lowest BCUT2D eigenvalue weighted by Gasteiger charge is -2.24. The van der Waals surface area contributed by atoms with Crippen LogP contribution in [0, 0.1) is 0 Å². The minimum Gasteiger partial charge on any atom is -0.383 e. The third-order valence-electron chi connectivity index (χ3n) is 3.51. The summed E-state index contributed by atoms with van der Waals surface area (Å²) in [5.41, 5.74) is 0.849. The van der Waals surface area contributed by atoms with E-state index in [1.165, 1.54) is 0 Å². The van der Waals surface area contributed by atoms with Gasteiger partial charge in [0.2, 0.25) is 0 Å². The fourth-order valence-electron chi connectivity index (χ4n) is 2.12. The average molecular weight is 317 g/mol. The molecule has 2 rings (SSSR count). The van der Waals surface area contributed by atoms with Crippen LogP contribution in [-0.2, 0) is 11.3 Å². The van der Waals surface area contributed by atoms with E-state index in [0.717, 1.165) is 5.69 Å². The van der Waals surface area contributed by atoms with Gasteiger partial charge in [0.1, 0.15) is 0 Å². The number of ether oxygens (including phenoxy) is 1. The van der Waals surface area contributed by atoms with Crippen molar-refractivity contribution >= 4 is 6.03 Å². The summed E-state index contributed by atoms with van der Waals surface area (Å²) in [4.78, 5) is 22.4. The van der Waals surface area contributed by atoms with Crippen LogP contribution in [0.3, 0.4) is 0 Å². The number of pyridine rings is 1. The maximum atomic E-state index is 12.4. The van der Waals surface area contributed by atoms with Gasteiger partial charge in [-0.1, -0.05) is 6.07 Å². The molecule has 0 aromatic carbocycles. The van der Waals surface area contributed by atoms with Gasteiger partial charge in [-0.25, -0.2) is 9.78 Å². The third kappa shape index (κ3) is 5.37. The largest absolute Gasteiger partial charge is 0.383 e. The van der Waals surface area contributed by atoms with Crippen molar-refractivity contribution in [3.8, 4) is 0 Å². The number of urea groups is 1. The summed E-state index contributed by atoms with van der Waals surface area (Å²) in [6.07, 6.45) is 7.08. The molecule has 0 spiro atoms. The molecular formula is C16H23N5O2. The highest BCUT2D eigenvalue weighted by molar-refractivity contribution is 5.74. The van der Waals surface area contributed by atoms with E-state index in [1.807, 2.05) is 35.9 Å². The zero-order valence-corrected chi connectivity index (χ0v) is 13.6. The Morgan fingerprint density at radius 2 is 2.30 bits per heavy atom. The average Bonchev–Trinajstić information content (AvgIpc) is 3.11. The lowest BCUT2D eigenvalue weighted by Crippen LogP contribution is -2.43. The first-order valence-corrected chi connectivity index (χ1v) is 7.59.